The second kappa shape index (κ2) is 6.46. The van der Waals surface area contributed by atoms with Crippen molar-refractivity contribution in [3.63, 3.8) is 0 Å². The van der Waals surface area contributed by atoms with Gasteiger partial charge in [0.15, 0.2) is 0 Å². The van der Waals surface area contributed by atoms with E-state index in [-0.39, 0.29) is 18.4 Å². The Morgan fingerprint density at radius 3 is 2.29 bits per heavy atom. The third-order valence-corrected chi connectivity index (χ3v) is 6.19. The van der Waals surface area contributed by atoms with Gasteiger partial charge in [-0.1, -0.05) is 24.1 Å². The first kappa shape index (κ1) is 16.5. The molecule has 0 spiro atoms. The molecule has 0 radical (unpaired) electrons. The highest BCUT2D eigenvalue weighted by molar-refractivity contribution is 7.89. The molecule has 1 aromatic rings. The number of rotatable bonds is 5. The number of aliphatic hydroxyl groups is 1. The van der Waals surface area contributed by atoms with Crippen LogP contribution in [0.15, 0.2) is 17.0 Å². The lowest BCUT2D eigenvalue weighted by Gasteiger charge is -2.19. The zero-order valence-corrected chi connectivity index (χ0v) is 13.8. The fourth-order valence-electron chi connectivity index (χ4n) is 3.50. The molecule has 0 heterocycles. The van der Waals surface area contributed by atoms with E-state index in [4.69, 9.17) is 0 Å². The molecule has 4 nitrogen and oxygen atoms in total. The van der Waals surface area contributed by atoms with Gasteiger partial charge >= 0.3 is 0 Å². The number of aryl methyl sites for hydroxylation is 3. The quantitative estimate of drug-likeness (QED) is 0.877. The van der Waals surface area contributed by atoms with Crippen LogP contribution >= 0.6 is 0 Å². The summed E-state index contributed by atoms with van der Waals surface area (Å²) in [6.45, 7) is 6.20. The molecule has 21 heavy (non-hydrogen) atoms. The van der Waals surface area contributed by atoms with Crippen LogP contribution in [0.5, 0.6) is 0 Å². The lowest BCUT2D eigenvalue weighted by Crippen LogP contribution is -2.32. The number of hydrogen-bond acceptors (Lipinski definition) is 3. The molecule has 0 aromatic heterocycles. The first-order chi connectivity index (χ1) is 9.85. The molecule has 118 valence electrons. The lowest BCUT2D eigenvalue weighted by atomic mass is 9.97. The van der Waals surface area contributed by atoms with Crippen LogP contribution in [-0.4, -0.2) is 26.7 Å². The summed E-state index contributed by atoms with van der Waals surface area (Å²) in [4.78, 5) is 0.395. The van der Waals surface area contributed by atoms with Gasteiger partial charge in [-0.3, -0.25) is 0 Å². The normalized spacial score (nSPS) is 22.7. The summed E-state index contributed by atoms with van der Waals surface area (Å²) in [7, 11) is -3.49. The minimum Gasteiger partial charge on any atom is -0.396 e. The van der Waals surface area contributed by atoms with Crippen LogP contribution in [0.2, 0.25) is 0 Å². The molecule has 2 N–H and O–H groups in total. The Labute approximate surface area is 127 Å². The predicted octanol–water partition coefficient (Wildman–Crippen LogP) is 2.30. The van der Waals surface area contributed by atoms with Crippen LogP contribution in [0.1, 0.15) is 36.0 Å². The highest BCUT2D eigenvalue weighted by Gasteiger charge is 2.28. The highest BCUT2D eigenvalue weighted by Crippen LogP contribution is 2.31. The minimum absolute atomic E-state index is 0.148. The highest BCUT2D eigenvalue weighted by atomic mass is 32.2. The van der Waals surface area contributed by atoms with Gasteiger partial charge in [0.25, 0.3) is 0 Å². The molecule has 2 atom stereocenters. The van der Waals surface area contributed by atoms with Gasteiger partial charge in [-0.25, -0.2) is 13.1 Å². The molecule has 1 aliphatic rings. The van der Waals surface area contributed by atoms with E-state index in [0.29, 0.717) is 11.4 Å². The zero-order chi connectivity index (χ0) is 15.6. The van der Waals surface area contributed by atoms with Crippen LogP contribution < -0.4 is 4.72 Å². The molecular formula is C16H25NO3S. The molecule has 0 aliphatic heterocycles. The molecule has 2 rings (SSSR count). The molecule has 0 saturated heterocycles. The van der Waals surface area contributed by atoms with Crippen molar-refractivity contribution in [1.29, 1.82) is 0 Å². The van der Waals surface area contributed by atoms with Gasteiger partial charge in [-0.2, -0.15) is 0 Å². The average Bonchev–Trinajstić information content (AvgIpc) is 2.82. The van der Waals surface area contributed by atoms with Gasteiger partial charge in [0.05, 0.1) is 4.90 Å². The monoisotopic (exact) mass is 311 g/mol. The van der Waals surface area contributed by atoms with E-state index in [1.165, 1.54) is 0 Å². The molecule has 0 amide bonds. The Morgan fingerprint density at radius 1 is 1.14 bits per heavy atom. The van der Waals surface area contributed by atoms with E-state index in [9.17, 15) is 13.5 Å². The van der Waals surface area contributed by atoms with Crippen molar-refractivity contribution in [2.75, 3.05) is 13.2 Å². The number of nitrogens with one attached hydrogen (secondary N) is 1. The van der Waals surface area contributed by atoms with Crippen molar-refractivity contribution in [1.82, 2.24) is 4.72 Å². The summed E-state index contributed by atoms with van der Waals surface area (Å²) < 4.78 is 27.9. The van der Waals surface area contributed by atoms with Crippen molar-refractivity contribution < 1.29 is 13.5 Å². The molecule has 5 heteroatoms. The third-order valence-electron chi connectivity index (χ3n) is 4.46. The van der Waals surface area contributed by atoms with Gasteiger partial charge in [0, 0.05) is 13.2 Å². The summed E-state index contributed by atoms with van der Waals surface area (Å²) in [5, 5.41) is 9.32. The third kappa shape index (κ3) is 3.65. The van der Waals surface area contributed by atoms with Gasteiger partial charge in [0.1, 0.15) is 0 Å². The summed E-state index contributed by atoms with van der Waals surface area (Å²) >= 11 is 0. The van der Waals surface area contributed by atoms with Crippen molar-refractivity contribution in [3.8, 4) is 0 Å². The molecule has 1 aliphatic carbocycles. The molecule has 1 fully saturated rings. The molecule has 1 saturated carbocycles. The van der Waals surface area contributed by atoms with Crippen molar-refractivity contribution >= 4 is 10.0 Å². The van der Waals surface area contributed by atoms with Crippen LogP contribution in [0.3, 0.4) is 0 Å². The molecule has 2 unspecified atom stereocenters. The van der Waals surface area contributed by atoms with Gasteiger partial charge < -0.3 is 5.11 Å². The molecular weight excluding hydrogens is 286 g/mol. The van der Waals surface area contributed by atoms with Crippen LogP contribution in [0, 0.1) is 32.6 Å². The van der Waals surface area contributed by atoms with Crippen LogP contribution in [0.4, 0.5) is 0 Å². The van der Waals surface area contributed by atoms with E-state index in [1.807, 2.05) is 32.9 Å². The van der Waals surface area contributed by atoms with Gasteiger partial charge in [-0.05, 0) is 56.6 Å². The standard InChI is InChI=1S/C16H25NO3S/c1-11-7-12(2)16(13(3)8-11)21(19,20)17-9-14-5-4-6-15(14)10-18/h7-8,14-15,17-18H,4-6,9-10H2,1-3H3. The first-order valence-corrected chi connectivity index (χ1v) is 9.02. The minimum atomic E-state index is -3.49. The zero-order valence-electron chi connectivity index (χ0n) is 13.0. The number of benzene rings is 1. The maximum Gasteiger partial charge on any atom is 0.241 e. The van der Waals surface area contributed by atoms with E-state index < -0.39 is 10.0 Å². The Hall–Kier alpha value is -0.910. The number of hydrogen-bond donors (Lipinski definition) is 2. The summed E-state index contributed by atoms with van der Waals surface area (Å²) in [6, 6.07) is 3.79. The van der Waals surface area contributed by atoms with E-state index in [2.05, 4.69) is 4.72 Å². The summed E-state index contributed by atoms with van der Waals surface area (Å²) in [5.74, 6) is 0.476. The van der Waals surface area contributed by atoms with Crippen molar-refractivity contribution in [2.45, 2.75) is 44.9 Å². The topological polar surface area (TPSA) is 66.4 Å². The number of sulfonamides is 1. The number of aliphatic hydroxyl groups excluding tert-OH is 1. The lowest BCUT2D eigenvalue weighted by molar-refractivity contribution is 0.195. The van der Waals surface area contributed by atoms with E-state index in [0.717, 1.165) is 36.0 Å². The molecule has 0 bridgehead atoms. The SMILES string of the molecule is Cc1cc(C)c(S(=O)(=O)NCC2CCCC2CO)c(C)c1. The smallest absolute Gasteiger partial charge is 0.241 e. The maximum atomic E-state index is 12.6. The predicted molar refractivity (Wildman–Crippen MR) is 83.8 cm³/mol. The fourth-order valence-corrected chi connectivity index (χ4v) is 5.05. The van der Waals surface area contributed by atoms with Crippen LogP contribution in [0.25, 0.3) is 0 Å². The fraction of sp³-hybridized carbons (Fsp3) is 0.625. The van der Waals surface area contributed by atoms with Gasteiger partial charge in [0.2, 0.25) is 10.0 Å². The van der Waals surface area contributed by atoms with Gasteiger partial charge in [-0.15, -0.1) is 0 Å². The van der Waals surface area contributed by atoms with Crippen molar-refractivity contribution in [2.24, 2.45) is 11.8 Å². The average molecular weight is 311 g/mol. The largest absolute Gasteiger partial charge is 0.396 e. The van der Waals surface area contributed by atoms with Crippen LogP contribution in [-0.2, 0) is 10.0 Å². The van der Waals surface area contributed by atoms with Crippen molar-refractivity contribution in [3.05, 3.63) is 28.8 Å². The maximum absolute atomic E-state index is 12.6. The van der Waals surface area contributed by atoms with E-state index in [1.54, 1.807) is 0 Å². The summed E-state index contributed by atoms with van der Waals surface area (Å²) in [5.41, 5.74) is 2.63. The Morgan fingerprint density at radius 2 is 1.71 bits per heavy atom. The van der Waals surface area contributed by atoms with E-state index >= 15 is 0 Å². The summed E-state index contributed by atoms with van der Waals surface area (Å²) in [6.07, 6.45) is 3.05. The Bertz CT molecular complexity index is 587. The second-order valence-corrected chi connectivity index (χ2v) is 7.92. The first-order valence-electron chi connectivity index (χ1n) is 7.53. The molecule has 1 aromatic carbocycles. The Balaban J connectivity index is 2.16. The Kier molecular flexibility index (Phi) is 5.07. The second-order valence-electron chi connectivity index (χ2n) is 6.21.